The van der Waals surface area contributed by atoms with Crippen LogP contribution in [0.2, 0.25) is 0 Å². The molecule has 0 saturated carbocycles. The van der Waals surface area contributed by atoms with Gasteiger partial charge in [0, 0.05) is 117 Å². The number of piperidine rings is 3. The van der Waals surface area contributed by atoms with Crippen LogP contribution in [0.3, 0.4) is 0 Å². The van der Waals surface area contributed by atoms with E-state index in [0.29, 0.717) is 78.8 Å². The average molecular weight is 933 g/mol. The Bertz CT molecular complexity index is 2850. The van der Waals surface area contributed by atoms with Crippen LogP contribution in [0.25, 0.3) is 16.8 Å². The van der Waals surface area contributed by atoms with Gasteiger partial charge >= 0.3 is 0 Å². The first-order valence-corrected chi connectivity index (χ1v) is 24.0. The van der Waals surface area contributed by atoms with Gasteiger partial charge < -0.3 is 33.6 Å². The van der Waals surface area contributed by atoms with E-state index in [9.17, 15) is 19.2 Å². The highest BCUT2D eigenvalue weighted by Gasteiger charge is 2.42. The maximum atomic E-state index is 16.1. The first-order valence-electron chi connectivity index (χ1n) is 24.0. The molecule has 0 spiro atoms. The highest BCUT2D eigenvalue weighted by molar-refractivity contribution is 6.05. The van der Waals surface area contributed by atoms with E-state index in [1.54, 1.807) is 61.3 Å². The van der Waals surface area contributed by atoms with Gasteiger partial charge in [-0.05, 0) is 92.3 Å². The Hall–Kier alpha value is -6.43. The summed E-state index contributed by atoms with van der Waals surface area (Å²) in [6, 6.07) is 8.02. The maximum absolute atomic E-state index is 16.1. The summed E-state index contributed by atoms with van der Waals surface area (Å²) < 4.78 is 56.2. The number of aromatic nitrogens is 4. The van der Waals surface area contributed by atoms with E-state index >= 15 is 13.2 Å². The summed E-state index contributed by atoms with van der Waals surface area (Å²) >= 11 is 0. The van der Waals surface area contributed by atoms with Crippen molar-refractivity contribution in [2.24, 2.45) is 5.92 Å². The molecule has 3 saturated heterocycles. The number of aryl methyl sites for hydroxylation is 1. The molecular weight excluding hydrogens is 878 g/mol. The number of imidazole rings is 1. The van der Waals surface area contributed by atoms with Crippen LogP contribution in [-0.4, -0.2) is 116 Å². The lowest BCUT2D eigenvalue weighted by atomic mass is 9.91. The third kappa shape index (κ3) is 7.73. The molecule has 0 bridgehead atoms. The molecule has 11 rings (SSSR count). The minimum absolute atomic E-state index is 0.00333. The van der Waals surface area contributed by atoms with Gasteiger partial charge in [0.1, 0.15) is 17.4 Å². The molecule has 4 amide bonds. The van der Waals surface area contributed by atoms with E-state index < -0.39 is 24.2 Å². The maximum Gasteiger partial charge on any atom is 0.264 e. The Labute approximate surface area is 391 Å². The van der Waals surface area contributed by atoms with Crippen molar-refractivity contribution in [1.29, 1.82) is 0 Å². The molecule has 356 valence electrons. The first kappa shape index (κ1) is 44.1. The largest absolute Gasteiger partial charge is 0.495 e. The number of likely N-dealkylation sites (tertiary alicyclic amines) is 1. The summed E-state index contributed by atoms with van der Waals surface area (Å²) in [7, 11) is 1.54. The van der Waals surface area contributed by atoms with Crippen molar-refractivity contribution in [3.05, 3.63) is 88.3 Å². The van der Waals surface area contributed by atoms with E-state index in [-0.39, 0.29) is 54.3 Å². The van der Waals surface area contributed by atoms with Gasteiger partial charge in [-0.25, -0.2) is 18.2 Å². The molecular formula is C50H55F3N10O5. The van der Waals surface area contributed by atoms with Crippen molar-refractivity contribution in [3.8, 4) is 16.9 Å². The molecule has 68 heavy (non-hydrogen) atoms. The van der Waals surface area contributed by atoms with Crippen LogP contribution in [0.1, 0.15) is 103 Å². The second-order valence-electron chi connectivity index (χ2n) is 19.2. The zero-order valence-corrected chi connectivity index (χ0v) is 38.4. The number of hydrogen-bond acceptors (Lipinski definition) is 10. The molecule has 6 aliphatic heterocycles. The lowest BCUT2D eigenvalue weighted by Gasteiger charge is -2.39. The Balaban J connectivity index is 0.778. The number of benzene rings is 2. The van der Waals surface area contributed by atoms with Crippen LogP contribution in [-0.2, 0) is 40.3 Å². The van der Waals surface area contributed by atoms with Gasteiger partial charge in [-0.2, -0.15) is 5.10 Å². The number of hydrogen-bond donors (Lipinski definition) is 1. The number of ether oxygens (including phenoxy) is 1. The predicted molar refractivity (Wildman–Crippen MR) is 247 cm³/mol. The number of amides is 4. The number of alkyl halides is 2. The summed E-state index contributed by atoms with van der Waals surface area (Å²) in [6.45, 7) is 7.33. The van der Waals surface area contributed by atoms with Crippen molar-refractivity contribution < 1.29 is 37.1 Å². The zero-order chi connectivity index (χ0) is 47.0. The molecule has 3 fully saturated rings. The fraction of sp³-hybridized carbons (Fsp3) is 0.480. The first-order chi connectivity index (χ1) is 32.9. The number of fused-ring (bicyclic) bond motifs is 4. The fourth-order valence-corrected chi connectivity index (χ4v) is 11.7. The number of nitrogens with one attached hydrogen (secondary N) is 1. The van der Waals surface area contributed by atoms with Crippen LogP contribution in [0.4, 0.5) is 30.4 Å². The topological polar surface area (TPSA) is 141 Å². The number of anilines is 3. The SMILES string of the molecule is COc1cn2ccnc2cc1-c1cc2c(cc1C(F)F)N(c1nn(C3CCN(CC4CCN(c5ccc6c(c5F)CN(C5CCC(=O)NC5=O)C6=O)CC4)CC3)c3c1CN(C(C)=O)CC3)CCC2. The molecule has 1 N–H and O–H groups in total. The van der Waals surface area contributed by atoms with Gasteiger partial charge in [0.2, 0.25) is 17.7 Å². The van der Waals surface area contributed by atoms with Gasteiger partial charge in [0.05, 0.1) is 38.1 Å². The Morgan fingerprint density at radius 3 is 2.44 bits per heavy atom. The fourth-order valence-electron chi connectivity index (χ4n) is 11.7. The zero-order valence-electron chi connectivity index (χ0n) is 38.4. The van der Waals surface area contributed by atoms with E-state index in [1.807, 2.05) is 11.0 Å². The summed E-state index contributed by atoms with van der Waals surface area (Å²) in [5.41, 5.74) is 6.36. The third-order valence-corrected chi connectivity index (χ3v) is 15.4. The van der Waals surface area contributed by atoms with Crippen molar-refractivity contribution >= 4 is 46.5 Å². The van der Waals surface area contributed by atoms with Crippen LogP contribution in [0.15, 0.2) is 48.9 Å². The van der Waals surface area contributed by atoms with Crippen LogP contribution >= 0.6 is 0 Å². The van der Waals surface area contributed by atoms with Crippen LogP contribution in [0, 0.1) is 11.7 Å². The lowest BCUT2D eigenvalue weighted by Crippen LogP contribution is -2.52. The second kappa shape index (κ2) is 17.6. The molecule has 18 heteroatoms. The highest BCUT2D eigenvalue weighted by atomic mass is 19.3. The highest BCUT2D eigenvalue weighted by Crippen LogP contribution is 2.46. The molecule has 1 atom stereocenters. The quantitative estimate of drug-likeness (QED) is 0.161. The molecule has 0 radical (unpaired) electrons. The minimum atomic E-state index is -2.75. The average Bonchev–Trinajstić information content (AvgIpc) is 4.06. The van der Waals surface area contributed by atoms with Crippen molar-refractivity contribution in [1.82, 2.24) is 39.2 Å². The summed E-state index contributed by atoms with van der Waals surface area (Å²) in [5, 5.41) is 7.67. The van der Waals surface area contributed by atoms with Gasteiger partial charge in [-0.3, -0.25) is 29.2 Å². The smallest absolute Gasteiger partial charge is 0.264 e. The molecule has 5 aromatic rings. The molecule has 6 aliphatic rings. The Kier molecular flexibility index (Phi) is 11.4. The molecule has 0 aliphatic carbocycles. The van der Waals surface area contributed by atoms with Gasteiger partial charge in [-0.15, -0.1) is 0 Å². The van der Waals surface area contributed by atoms with E-state index in [2.05, 4.69) is 29.7 Å². The number of halogens is 3. The normalized spacial score (nSPS) is 20.6. The summed E-state index contributed by atoms with van der Waals surface area (Å²) in [5.74, 6) is -0.0237. The monoisotopic (exact) mass is 932 g/mol. The number of nitrogens with zero attached hydrogens (tertiary/aromatic N) is 9. The van der Waals surface area contributed by atoms with E-state index in [0.717, 1.165) is 86.5 Å². The van der Waals surface area contributed by atoms with Crippen molar-refractivity contribution in [2.45, 2.75) is 96.3 Å². The minimum Gasteiger partial charge on any atom is -0.495 e. The number of rotatable bonds is 9. The number of carbonyl (C=O) groups is 4. The standard InChI is InChI=1S/C50H55F3N10O5/c1-29(64)59-20-13-39-38(26-59)48(61-15-3-4-31-22-34(36(47(52)53)23-42(31)61)35-24-44-54-14-21-60(44)28-43(35)68-2)56-63(39)32-11-16-57(17-12-32)25-30-9-18-58(19-10-30)40-6-5-33-37(46(40)51)27-62(50(33)67)41-7-8-45(65)55-49(41)66/h5-6,14,21-24,28,30,32,41,47H,3-4,7-13,15-20,25-27H2,1-2H3,(H,55,65,66). The number of methoxy groups -OCH3 is 1. The molecule has 3 aromatic heterocycles. The number of pyridine rings is 1. The Morgan fingerprint density at radius 2 is 1.69 bits per heavy atom. The van der Waals surface area contributed by atoms with Crippen molar-refractivity contribution in [3.63, 3.8) is 0 Å². The number of carbonyl (C=O) groups excluding carboxylic acids is 4. The summed E-state index contributed by atoms with van der Waals surface area (Å²) in [6.07, 6.45) is 8.63. The third-order valence-electron chi connectivity index (χ3n) is 15.4. The van der Waals surface area contributed by atoms with Gasteiger partial charge in [0.25, 0.3) is 12.3 Å². The second-order valence-corrected chi connectivity index (χ2v) is 19.2. The molecule has 15 nitrogen and oxygen atoms in total. The van der Waals surface area contributed by atoms with Crippen molar-refractivity contribution in [2.75, 3.05) is 62.7 Å². The molecule has 1 unspecified atom stereocenters. The van der Waals surface area contributed by atoms with E-state index in [4.69, 9.17) is 9.84 Å². The van der Waals surface area contributed by atoms with Crippen LogP contribution < -0.4 is 19.9 Å². The Morgan fingerprint density at radius 1 is 0.882 bits per heavy atom. The van der Waals surface area contributed by atoms with E-state index in [1.165, 1.54) is 4.90 Å². The van der Waals surface area contributed by atoms with Crippen LogP contribution in [0.5, 0.6) is 5.75 Å². The number of imide groups is 1. The van der Waals surface area contributed by atoms with Gasteiger partial charge in [-0.1, -0.05) is 0 Å². The predicted octanol–water partition coefficient (Wildman–Crippen LogP) is 6.59. The molecule has 2 aromatic carbocycles. The lowest BCUT2D eigenvalue weighted by molar-refractivity contribution is -0.137. The van der Waals surface area contributed by atoms with Gasteiger partial charge in [0.15, 0.2) is 11.6 Å². The summed E-state index contributed by atoms with van der Waals surface area (Å²) in [4.78, 5) is 64.6. The molecule has 9 heterocycles.